The highest BCUT2D eigenvalue weighted by molar-refractivity contribution is 5.20. The zero-order chi connectivity index (χ0) is 13.0. The van der Waals surface area contributed by atoms with Gasteiger partial charge in [0.1, 0.15) is 5.82 Å². The first-order chi connectivity index (χ1) is 8.70. The smallest absolute Gasteiger partial charge is 0.123 e. The van der Waals surface area contributed by atoms with Gasteiger partial charge >= 0.3 is 0 Å². The number of nitrogens with one attached hydrogen (secondary N) is 1. The molecule has 1 aromatic carbocycles. The topological polar surface area (TPSA) is 15.3 Å². The molecule has 0 radical (unpaired) electrons. The van der Waals surface area contributed by atoms with Crippen LogP contribution in [-0.2, 0) is 0 Å². The maximum absolute atomic E-state index is 13.3. The fourth-order valence-corrected chi connectivity index (χ4v) is 2.90. The van der Waals surface area contributed by atoms with Crippen molar-refractivity contribution in [2.75, 3.05) is 20.1 Å². The minimum Gasteiger partial charge on any atom is -0.313 e. The number of hydrogen-bond acceptors (Lipinski definition) is 2. The molecular formula is C15H23FN2. The lowest BCUT2D eigenvalue weighted by Crippen LogP contribution is -2.37. The molecule has 2 atom stereocenters. The molecule has 18 heavy (non-hydrogen) atoms. The molecule has 1 saturated heterocycles. The molecule has 1 fully saturated rings. The molecule has 3 heteroatoms. The van der Waals surface area contributed by atoms with E-state index in [0.717, 1.165) is 25.1 Å². The Morgan fingerprint density at radius 3 is 2.94 bits per heavy atom. The number of likely N-dealkylation sites (N-methyl/N-ethyl adjacent to an activating group) is 1. The first-order valence-electron chi connectivity index (χ1n) is 6.89. The van der Waals surface area contributed by atoms with E-state index in [-0.39, 0.29) is 5.82 Å². The van der Waals surface area contributed by atoms with E-state index >= 15 is 0 Å². The van der Waals surface area contributed by atoms with Crippen LogP contribution < -0.4 is 5.32 Å². The fraction of sp³-hybridized carbons (Fsp3) is 0.600. The van der Waals surface area contributed by atoms with Crippen molar-refractivity contribution in [2.45, 2.75) is 38.3 Å². The van der Waals surface area contributed by atoms with Gasteiger partial charge in [0, 0.05) is 18.6 Å². The lowest BCUT2D eigenvalue weighted by atomic mass is 10.0. The first-order valence-corrected chi connectivity index (χ1v) is 6.89. The van der Waals surface area contributed by atoms with Crippen molar-refractivity contribution in [3.8, 4) is 0 Å². The van der Waals surface area contributed by atoms with Crippen molar-refractivity contribution in [1.29, 1.82) is 0 Å². The summed E-state index contributed by atoms with van der Waals surface area (Å²) in [6.45, 7) is 4.33. The van der Waals surface area contributed by atoms with Gasteiger partial charge in [0.25, 0.3) is 0 Å². The predicted molar refractivity (Wildman–Crippen MR) is 73.1 cm³/mol. The minimum absolute atomic E-state index is 0.140. The summed E-state index contributed by atoms with van der Waals surface area (Å²) in [5.74, 6) is -0.140. The van der Waals surface area contributed by atoms with Crippen LogP contribution in [0.3, 0.4) is 0 Å². The van der Waals surface area contributed by atoms with Crippen LogP contribution in [0.2, 0.25) is 0 Å². The maximum atomic E-state index is 13.3. The normalized spacial score (nSPS) is 21.4. The molecule has 0 bridgehead atoms. The van der Waals surface area contributed by atoms with E-state index in [1.807, 2.05) is 6.07 Å². The van der Waals surface area contributed by atoms with Gasteiger partial charge in [-0.3, -0.25) is 4.90 Å². The monoisotopic (exact) mass is 250 g/mol. The number of hydrogen-bond donors (Lipinski definition) is 1. The molecule has 1 aliphatic heterocycles. The van der Waals surface area contributed by atoms with E-state index in [1.165, 1.54) is 18.9 Å². The quantitative estimate of drug-likeness (QED) is 0.864. The van der Waals surface area contributed by atoms with Crippen molar-refractivity contribution in [3.63, 3.8) is 0 Å². The largest absolute Gasteiger partial charge is 0.313 e. The van der Waals surface area contributed by atoms with Crippen molar-refractivity contribution in [3.05, 3.63) is 35.6 Å². The van der Waals surface area contributed by atoms with Crippen LogP contribution in [0, 0.1) is 5.82 Å². The molecule has 0 aliphatic carbocycles. The number of benzene rings is 1. The van der Waals surface area contributed by atoms with Gasteiger partial charge in [-0.2, -0.15) is 0 Å². The van der Waals surface area contributed by atoms with E-state index in [2.05, 4.69) is 24.2 Å². The average molecular weight is 250 g/mol. The van der Waals surface area contributed by atoms with Crippen molar-refractivity contribution in [2.24, 2.45) is 0 Å². The van der Waals surface area contributed by atoms with Crippen molar-refractivity contribution >= 4 is 0 Å². The fourth-order valence-electron chi connectivity index (χ4n) is 2.90. The second-order valence-electron chi connectivity index (χ2n) is 5.21. The molecule has 0 aromatic heterocycles. The summed E-state index contributed by atoms with van der Waals surface area (Å²) in [5.41, 5.74) is 1.08. The molecule has 0 spiro atoms. The summed E-state index contributed by atoms with van der Waals surface area (Å²) in [7, 11) is 2.14. The molecule has 0 saturated carbocycles. The van der Waals surface area contributed by atoms with Crippen molar-refractivity contribution in [1.82, 2.24) is 10.2 Å². The van der Waals surface area contributed by atoms with Crippen LogP contribution in [0.1, 0.15) is 37.8 Å². The van der Waals surface area contributed by atoms with Gasteiger partial charge in [0.15, 0.2) is 0 Å². The highest BCUT2D eigenvalue weighted by atomic mass is 19.1. The molecule has 2 nitrogen and oxygen atoms in total. The van der Waals surface area contributed by atoms with Gasteiger partial charge < -0.3 is 5.32 Å². The maximum Gasteiger partial charge on any atom is 0.123 e. The zero-order valence-electron chi connectivity index (χ0n) is 11.3. The SMILES string of the molecule is CCC(c1cccc(F)c1)N(C)CC1CCCN1. The van der Waals surface area contributed by atoms with Crippen molar-refractivity contribution < 1.29 is 4.39 Å². The predicted octanol–water partition coefficient (Wildman–Crippen LogP) is 2.96. The van der Waals surface area contributed by atoms with E-state index in [1.54, 1.807) is 12.1 Å². The summed E-state index contributed by atoms with van der Waals surface area (Å²) >= 11 is 0. The van der Waals surface area contributed by atoms with Gasteiger partial charge in [-0.05, 0) is 50.6 Å². The Balaban J connectivity index is 2.02. The van der Waals surface area contributed by atoms with E-state index in [0.29, 0.717) is 12.1 Å². The van der Waals surface area contributed by atoms with Crippen LogP contribution in [-0.4, -0.2) is 31.1 Å². The van der Waals surface area contributed by atoms with Gasteiger partial charge in [-0.1, -0.05) is 19.1 Å². The van der Waals surface area contributed by atoms with Crippen LogP contribution in [0.15, 0.2) is 24.3 Å². The standard InChI is InChI=1S/C15H23FN2/c1-3-15(12-6-4-7-13(16)10-12)18(2)11-14-8-5-9-17-14/h4,6-7,10,14-15,17H,3,5,8-9,11H2,1-2H3. The highest BCUT2D eigenvalue weighted by Crippen LogP contribution is 2.24. The van der Waals surface area contributed by atoms with Crippen LogP contribution in [0.25, 0.3) is 0 Å². The van der Waals surface area contributed by atoms with Gasteiger partial charge in [0.2, 0.25) is 0 Å². The Bertz CT molecular complexity index is 375. The lowest BCUT2D eigenvalue weighted by molar-refractivity contribution is 0.218. The molecule has 1 aromatic rings. The van der Waals surface area contributed by atoms with Crippen LogP contribution in [0.5, 0.6) is 0 Å². The zero-order valence-corrected chi connectivity index (χ0v) is 11.3. The first kappa shape index (κ1) is 13.5. The Labute approximate surface area is 109 Å². The molecule has 1 heterocycles. The average Bonchev–Trinajstić information content (AvgIpc) is 2.83. The van der Waals surface area contributed by atoms with Gasteiger partial charge in [0.05, 0.1) is 0 Å². The molecule has 1 N–H and O–H groups in total. The van der Waals surface area contributed by atoms with Gasteiger partial charge in [-0.25, -0.2) is 4.39 Å². The Morgan fingerprint density at radius 1 is 1.50 bits per heavy atom. The molecule has 2 rings (SSSR count). The minimum atomic E-state index is -0.140. The van der Waals surface area contributed by atoms with Crippen LogP contribution >= 0.6 is 0 Å². The third-order valence-electron chi connectivity index (χ3n) is 3.82. The Kier molecular flexibility index (Phi) is 4.72. The summed E-state index contributed by atoms with van der Waals surface area (Å²) in [5, 5.41) is 3.51. The number of rotatable bonds is 5. The van der Waals surface area contributed by atoms with Crippen LogP contribution in [0.4, 0.5) is 4.39 Å². The lowest BCUT2D eigenvalue weighted by Gasteiger charge is -2.30. The molecule has 2 unspecified atom stereocenters. The Hall–Kier alpha value is -0.930. The third kappa shape index (κ3) is 3.30. The van der Waals surface area contributed by atoms with Gasteiger partial charge in [-0.15, -0.1) is 0 Å². The number of halogens is 1. The third-order valence-corrected chi connectivity index (χ3v) is 3.82. The Morgan fingerprint density at radius 2 is 2.33 bits per heavy atom. The molecule has 1 aliphatic rings. The summed E-state index contributed by atoms with van der Waals surface area (Å²) < 4.78 is 13.3. The highest BCUT2D eigenvalue weighted by Gasteiger charge is 2.21. The summed E-state index contributed by atoms with van der Waals surface area (Å²) in [6.07, 6.45) is 3.53. The second kappa shape index (κ2) is 6.30. The molecule has 0 amide bonds. The van der Waals surface area contributed by atoms with E-state index < -0.39 is 0 Å². The van der Waals surface area contributed by atoms with E-state index in [4.69, 9.17) is 0 Å². The van der Waals surface area contributed by atoms with E-state index in [9.17, 15) is 4.39 Å². The second-order valence-corrected chi connectivity index (χ2v) is 5.21. The summed E-state index contributed by atoms with van der Waals surface area (Å²) in [6, 6.07) is 7.90. The molecule has 100 valence electrons. The molecular weight excluding hydrogens is 227 g/mol. The summed E-state index contributed by atoms with van der Waals surface area (Å²) in [4.78, 5) is 2.35. The number of nitrogens with zero attached hydrogens (tertiary/aromatic N) is 1.